The molecule has 0 atom stereocenters. The van der Waals surface area contributed by atoms with Crippen LogP contribution in [0, 0.1) is 0 Å². The van der Waals surface area contributed by atoms with E-state index >= 15 is 0 Å². The van der Waals surface area contributed by atoms with Crippen molar-refractivity contribution in [3.05, 3.63) is 48.0 Å². The SMILES string of the molecule is CCn1cc(CC(=O)c2ccccn2)cn1. The van der Waals surface area contributed by atoms with Gasteiger partial charge in [-0.2, -0.15) is 5.10 Å². The summed E-state index contributed by atoms with van der Waals surface area (Å²) in [6.07, 6.45) is 5.60. The number of hydrogen-bond donors (Lipinski definition) is 0. The van der Waals surface area contributed by atoms with Gasteiger partial charge in [-0.1, -0.05) is 6.07 Å². The minimum Gasteiger partial charge on any atom is -0.292 e. The number of rotatable bonds is 4. The molecule has 82 valence electrons. The lowest BCUT2D eigenvalue weighted by molar-refractivity contribution is 0.0988. The Balaban J connectivity index is 2.08. The van der Waals surface area contributed by atoms with E-state index in [0.717, 1.165) is 12.1 Å². The summed E-state index contributed by atoms with van der Waals surface area (Å²) in [6.45, 7) is 2.83. The molecule has 0 spiro atoms. The molecule has 2 rings (SSSR count). The lowest BCUT2D eigenvalue weighted by Gasteiger charge is -1.97. The predicted octanol–water partition coefficient (Wildman–Crippen LogP) is 1.72. The Hall–Kier alpha value is -1.97. The molecule has 0 aliphatic rings. The third-order valence-corrected chi connectivity index (χ3v) is 2.33. The number of ketones is 1. The average Bonchev–Trinajstić information content (AvgIpc) is 2.78. The highest BCUT2D eigenvalue weighted by molar-refractivity contribution is 5.95. The first kappa shape index (κ1) is 10.5. The molecule has 0 amide bonds. The molecule has 4 nitrogen and oxygen atoms in total. The highest BCUT2D eigenvalue weighted by Crippen LogP contribution is 2.04. The molecule has 0 N–H and O–H groups in total. The van der Waals surface area contributed by atoms with Gasteiger partial charge in [-0.05, 0) is 24.6 Å². The summed E-state index contributed by atoms with van der Waals surface area (Å²) in [4.78, 5) is 15.8. The lowest BCUT2D eigenvalue weighted by atomic mass is 10.1. The van der Waals surface area contributed by atoms with Crippen molar-refractivity contribution in [1.29, 1.82) is 0 Å². The van der Waals surface area contributed by atoms with Gasteiger partial charge in [0, 0.05) is 25.4 Å². The molecule has 0 radical (unpaired) electrons. The number of carbonyl (C=O) groups is 1. The van der Waals surface area contributed by atoms with Crippen LogP contribution in [0.15, 0.2) is 36.8 Å². The monoisotopic (exact) mass is 215 g/mol. The van der Waals surface area contributed by atoms with E-state index in [1.54, 1.807) is 29.2 Å². The van der Waals surface area contributed by atoms with Crippen molar-refractivity contribution < 1.29 is 4.79 Å². The average molecular weight is 215 g/mol. The van der Waals surface area contributed by atoms with Crippen LogP contribution in [0.25, 0.3) is 0 Å². The molecule has 16 heavy (non-hydrogen) atoms. The second-order valence-electron chi connectivity index (χ2n) is 3.52. The fraction of sp³-hybridized carbons (Fsp3) is 0.250. The van der Waals surface area contributed by atoms with Crippen LogP contribution in [-0.4, -0.2) is 20.5 Å². The Morgan fingerprint density at radius 1 is 1.44 bits per heavy atom. The summed E-state index contributed by atoms with van der Waals surface area (Å²) in [5, 5.41) is 4.13. The fourth-order valence-corrected chi connectivity index (χ4v) is 1.47. The molecule has 0 unspecified atom stereocenters. The number of hydrogen-bond acceptors (Lipinski definition) is 3. The number of aromatic nitrogens is 3. The molecular weight excluding hydrogens is 202 g/mol. The van der Waals surface area contributed by atoms with Crippen LogP contribution < -0.4 is 0 Å². The van der Waals surface area contributed by atoms with Crippen molar-refractivity contribution in [2.24, 2.45) is 0 Å². The fourth-order valence-electron chi connectivity index (χ4n) is 1.47. The van der Waals surface area contributed by atoms with Crippen molar-refractivity contribution in [1.82, 2.24) is 14.8 Å². The van der Waals surface area contributed by atoms with Crippen LogP contribution in [0.5, 0.6) is 0 Å². The van der Waals surface area contributed by atoms with Gasteiger partial charge in [0.1, 0.15) is 5.69 Å². The second-order valence-corrected chi connectivity index (χ2v) is 3.52. The highest BCUT2D eigenvalue weighted by atomic mass is 16.1. The lowest BCUT2D eigenvalue weighted by Crippen LogP contribution is -2.04. The Morgan fingerprint density at radius 3 is 2.94 bits per heavy atom. The molecule has 2 aromatic rings. The zero-order chi connectivity index (χ0) is 11.4. The van der Waals surface area contributed by atoms with E-state index in [0.29, 0.717) is 12.1 Å². The quantitative estimate of drug-likeness (QED) is 0.730. The van der Waals surface area contributed by atoms with Crippen molar-refractivity contribution in [3.63, 3.8) is 0 Å². The smallest absolute Gasteiger partial charge is 0.185 e. The van der Waals surface area contributed by atoms with Gasteiger partial charge in [-0.25, -0.2) is 0 Å². The van der Waals surface area contributed by atoms with Gasteiger partial charge in [0.25, 0.3) is 0 Å². The molecule has 4 heteroatoms. The van der Waals surface area contributed by atoms with E-state index in [2.05, 4.69) is 10.1 Å². The summed E-state index contributed by atoms with van der Waals surface area (Å²) >= 11 is 0. The Kier molecular flexibility index (Phi) is 3.10. The van der Waals surface area contributed by atoms with Gasteiger partial charge in [-0.3, -0.25) is 14.5 Å². The normalized spacial score (nSPS) is 10.3. The van der Waals surface area contributed by atoms with Crippen molar-refractivity contribution >= 4 is 5.78 Å². The molecule has 0 fully saturated rings. The van der Waals surface area contributed by atoms with Gasteiger partial charge in [0.2, 0.25) is 0 Å². The summed E-state index contributed by atoms with van der Waals surface area (Å²) in [6, 6.07) is 5.34. The third-order valence-electron chi connectivity index (χ3n) is 2.33. The van der Waals surface area contributed by atoms with Crippen LogP contribution in [0.2, 0.25) is 0 Å². The van der Waals surface area contributed by atoms with Gasteiger partial charge < -0.3 is 0 Å². The molecule has 0 aliphatic heterocycles. The van der Waals surface area contributed by atoms with Crippen LogP contribution >= 0.6 is 0 Å². The Morgan fingerprint density at radius 2 is 2.31 bits per heavy atom. The summed E-state index contributed by atoms with van der Waals surface area (Å²) < 4.78 is 1.81. The first-order valence-corrected chi connectivity index (χ1v) is 5.25. The van der Waals surface area contributed by atoms with Gasteiger partial charge >= 0.3 is 0 Å². The number of Topliss-reactive ketones (excluding diaryl/α,β-unsaturated/α-hetero) is 1. The number of carbonyl (C=O) groups excluding carboxylic acids is 1. The molecule has 0 aromatic carbocycles. The van der Waals surface area contributed by atoms with E-state index < -0.39 is 0 Å². The van der Waals surface area contributed by atoms with Crippen molar-refractivity contribution in [2.75, 3.05) is 0 Å². The number of aryl methyl sites for hydroxylation is 1. The molecule has 2 aromatic heterocycles. The van der Waals surface area contributed by atoms with Crippen LogP contribution in [0.3, 0.4) is 0 Å². The van der Waals surface area contributed by atoms with E-state index in [4.69, 9.17) is 0 Å². The first-order valence-electron chi connectivity index (χ1n) is 5.25. The van der Waals surface area contributed by atoms with Crippen molar-refractivity contribution in [2.45, 2.75) is 19.9 Å². The molecular formula is C12H13N3O. The van der Waals surface area contributed by atoms with Crippen LogP contribution in [-0.2, 0) is 13.0 Å². The molecule has 2 heterocycles. The molecule has 0 saturated heterocycles. The molecule has 0 saturated carbocycles. The maximum atomic E-state index is 11.8. The first-order chi connectivity index (χ1) is 7.79. The van der Waals surface area contributed by atoms with Gasteiger partial charge in [-0.15, -0.1) is 0 Å². The van der Waals surface area contributed by atoms with E-state index in [-0.39, 0.29) is 5.78 Å². The van der Waals surface area contributed by atoms with E-state index in [1.807, 2.05) is 19.2 Å². The minimum atomic E-state index is 0.0243. The third kappa shape index (κ3) is 2.34. The van der Waals surface area contributed by atoms with E-state index in [9.17, 15) is 4.79 Å². The Bertz CT molecular complexity index is 476. The molecule has 0 aliphatic carbocycles. The zero-order valence-corrected chi connectivity index (χ0v) is 9.13. The number of pyridine rings is 1. The Labute approximate surface area is 93.9 Å². The highest BCUT2D eigenvalue weighted by Gasteiger charge is 2.08. The number of nitrogens with zero attached hydrogens (tertiary/aromatic N) is 3. The minimum absolute atomic E-state index is 0.0243. The van der Waals surface area contributed by atoms with Gasteiger partial charge in [0.05, 0.1) is 6.20 Å². The maximum absolute atomic E-state index is 11.8. The van der Waals surface area contributed by atoms with Crippen molar-refractivity contribution in [3.8, 4) is 0 Å². The maximum Gasteiger partial charge on any atom is 0.185 e. The second kappa shape index (κ2) is 4.70. The summed E-state index contributed by atoms with van der Waals surface area (Å²) in [7, 11) is 0. The standard InChI is InChI=1S/C12H13N3O/c1-2-15-9-10(8-14-15)7-12(16)11-5-3-4-6-13-11/h3-6,8-9H,2,7H2,1H3. The summed E-state index contributed by atoms with van der Waals surface area (Å²) in [5.41, 5.74) is 1.43. The van der Waals surface area contributed by atoms with Crippen LogP contribution in [0.1, 0.15) is 23.0 Å². The summed E-state index contributed by atoms with van der Waals surface area (Å²) in [5.74, 6) is 0.0243. The predicted molar refractivity (Wildman–Crippen MR) is 60.2 cm³/mol. The van der Waals surface area contributed by atoms with Gasteiger partial charge in [0.15, 0.2) is 5.78 Å². The largest absolute Gasteiger partial charge is 0.292 e. The van der Waals surface area contributed by atoms with Crippen LogP contribution in [0.4, 0.5) is 0 Å². The molecule has 0 bridgehead atoms. The topological polar surface area (TPSA) is 47.8 Å². The zero-order valence-electron chi connectivity index (χ0n) is 9.13. The van der Waals surface area contributed by atoms with E-state index in [1.165, 1.54) is 0 Å².